The second kappa shape index (κ2) is 3.71. The molecule has 0 spiro atoms. The van der Waals surface area contributed by atoms with Crippen LogP contribution < -0.4 is 0 Å². The first-order valence-corrected chi connectivity index (χ1v) is 3.98. The van der Waals surface area contributed by atoms with E-state index in [1.165, 1.54) is 0 Å². The van der Waals surface area contributed by atoms with Gasteiger partial charge < -0.3 is 0 Å². The summed E-state index contributed by atoms with van der Waals surface area (Å²) in [6.45, 7) is 0. The summed E-state index contributed by atoms with van der Waals surface area (Å²) in [6.07, 6.45) is 5.82. The Labute approximate surface area is 66.0 Å². The molecule has 62 valence electrons. The SMILES string of the molecule is C#CC1CCC(C(F)F)CC1. The van der Waals surface area contributed by atoms with Gasteiger partial charge >= 0.3 is 0 Å². The van der Waals surface area contributed by atoms with E-state index in [4.69, 9.17) is 6.42 Å². The lowest BCUT2D eigenvalue weighted by Crippen LogP contribution is -2.19. The smallest absolute Gasteiger partial charge is 0.210 e. The minimum absolute atomic E-state index is 0.255. The predicted octanol–water partition coefficient (Wildman–Crippen LogP) is 2.69. The molecule has 0 saturated heterocycles. The van der Waals surface area contributed by atoms with Crippen LogP contribution in [0.5, 0.6) is 0 Å². The van der Waals surface area contributed by atoms with Gasteiger partial charge in [0.2, 0.25) is 6.43 Å². The first kappa shape index (κ1) is 8.52. The zero-order valence-electron chi connectivity index (χ0n) is 6.39. The minimum atomic E-state index is -2.14. The number of alkyl halides is 2. The molecular weight excluding hydrogens is 146 g/mol. The fourth-order valence-corrected chi connectivity index (χ4v) is 1.54. The van der Waals surface area contributed by atoms with Crippen molar-refractivity contribution in [3.63, 3.8) is 0 Å². The lowest BCUT2D eigenvalue weighted by Gasteiger charge is -2.24. The number of rotatable bonds is 1. The highest BCUT2D eigenvalue weighted by molar-refractivity contribution is 4.95. The molecule has 0 nitrogen and oxygen atoms in total. The predicted molar refractivity (Wildman–Crippen MR) is 40.3 cm³/mol. The van der Waals surface area contributed by atoms with Gasteiger partial charge in [0, 0.05) is 11.8 Å². The summed E-state index contributed by atoms with van der Waals surface area (Å²) >= 11 is 0. The molecule has 0 N–H and O–H groups in total. The number of halogens is 2. The largest absolute Gasteiger partial charge is 0.241 e. The van der Waals surface area contributed by atoms with E-state index in [2.05, 4.69) is 5.92 Å². The van der Waals surface area contributed by atoms with Crippen LogP contribution in [0, 0.1) is 24.2 Å². The number of terminal acetylenes is 1. The third-order valence-electron chi connectivity index (χ3n) is 2.36. The molecule has 1 aliphatic rings. The Hall–Kier alpha value is -0.580. The molecule has 0 atom stereocenters. The molecule has 0 bridgehead atoms. The van der Waals surface area contributed by atoms with E-state index in [-0.39, 0.29) is 11.8 Å². The van der Waals surface area contributed by atoms with E-state index in [0.29, 0.717) is 12.8 Å². The Morgan fingerprint density at radius 1 is 1.18 bits per heavy atom. The van der Waals surface area contributed by atoms with Crippen molar-refractivity contribution in [2.45, 2.75) is 32.1 Å². The maximum atomic E-state index is 12.1. The Bertz CT molecular complexity index is 149. The molecule has 0 amide bonds. The van der Waals surface area contributed by atoms with Crippen LogP contribution in [0.3, 0.4) is 0 Å². The summed E-state index contributed by atoms with van der Waals surface area (Å²) in [5.74, 6) is 2.48. The first-order valence-electron chi connectivity index (χ1n) is 3.98. The van der Waals surface area contributed by atoms with Crippen LogP contribution >= 0.6 is 0 Å². The zero-order chi connectivity index (χ0) is 8.27. The molecular formula is C9H12F2. The van der Waals surface area contributed by atoms with Crippen molar-refractivity contribution in [2.24, 2.45) is 11.8 Å². The third-order valence-corrected chi connectivity index (χ3v) is 2.36. The van der Waals surface area contributed by atoms with Gasteiger partial charge in [0.15, 0.2) is 0 Å². The van der Waals surface area contributed by atoms with Crippen LogP contribution in [0.25, 0.3) is 0 Å². The third kappa shape index (κ3) is 2.18. The second-order valence-electron chi connectivity index (χ2n) is 3.11. The Balaban J connectivity index is 2.31. The van der Waals surface area contributed by atoms with Gasteiger partial charge in [-0.15, -0.1) is 12.3 Å². The average Bonchev–Trinajstić information content (AvgIpc) is 2.05. The van der Waals surface area contributed by atoms with Crippen LogP contribution in [0.4, 0.5) is 8.78 Å². The number of hydrogen-bond acceptors (Lipinski definition) is 0. The lowest BCUT2D eigenvalue weighted by atomic mass is 9.83. The molecule has 0 aliphatic heterocycles. The zero-order valence-corrected chi connectivity index (χ0v) is 6.39. The van der Waals surface area contributed by atoms with Gasteiger partial charge in [-0.05, 0) is 25.7 Å². The van der Waals surface area contributed by atoms with Crippen molar-refractivity contribution >= 4 is 0 Å². The topological polar surface area (TPSA) is 0 Å². The average molecular weight is 158 g/mol. The summed E-state index contributed by atoms with van der Waals surface area (Å²) < 4.78 is 24.2. The van der Waals surface area contributed by atoms with Crippen LogP contribution in [-0.2, 0) is 0 Å². The van der Waals surface area contributed by atoms with Gasteiger partial charge in [-0.25, -0.2) is 8.78 Å². The number of hydrogen-bond donors (Lipinski definition) is 0. The van der Waals surface area contributed by atoms with Crippen LogP contribution in [0.2, 0.25) is 0 Å². The first-order chi connectivity index (χ1) is 5.24. The van der Waals surface area contributed by atoms with Gasteiger partial charge in [-0.3, -0.25) is 0 Å². The van der Waals surface area contributed by atoms with Crippen molar-refractivity contribution in [1.29, 1.82) is 0 Å². The van der Waals surface area contributed by atoms with Crippen molar-refractivity contribution in [3.05, 3.63) is 0 Å². The molecule has 1 rings (SSSR count). The molecule has 0 heterocycles. The summed E-state index contributed by atoms with van der Waals surface area (Å²) in [5, 5.41) is 0. The second-order valence-corrected chi connectivity index (χ2v) is 3.11. The summed E-state index contributed by atoms with van der Waals surface area (Å²) in [6, 6.07) is 0. The van der Waals surface area contributed by atoms with Crippen molar-refractivity contribution < 1.29 is 8.78 Å². The summed E-state index contributed by atoms with van der Waals surface area (Å²) in [5.41, 5.74) is 0. The van der Waals surface area contributed by atoms with Crippen molar-refractivity contribution in [1.82, 2.24) is 0 Å². The van der Waals surface area contributed by atoms with E-state index in [1.54, 1.807) is 0 Å². The van der Waals surface area contributed by atoms with Gasteiger partial charge in [-0.1, -0.05) is 0 Å². The Morgan fingerprint density at radius 2 is 1.73 bits per heavy atom. The molecule has 0 unspecified atom stereocenters. The minimum Gasteiger partial charge on any atom is -0.210 e. The maximum Gasteiger partial charge on any atom is 0.241 e. The molecule has 1 saturated carbocycles. The van der Waals surface area contributed by atoms with Crippen LogP contribution in [0.1, 0.15) is 25.7 Å². The van der Waals surface area contributed by atoms with E-state index < -0.39 is 6.43 Å². The van der Waals surface area contributed by atoms with E-state index in [9.17, 15) is 8.78 Å². The van der Waals surface area contributed by atoms with Crippen molar-refractivity contribution in [3.8, 4) is 12.3 Å². The fraction of sp³-hybridized carbons (Fsp3) is 0.778. The molecule has 1 aliphatic carbocycles. The van der Waals surface area contributed by atoms with Crippen LogP contribution in [0.15, 0.2) is 0 Å². The molecule has 11 heavy (non-hydrogen) atoms. The maximum absolute atomic E-state index is 12.1. The Morgan fingerprint density at radius 3 is 2.09 bits per heavy atom. The lowest BCUT2D eigenvalue weighted by molar-refractivity contribution is 0.0513. The highest BCUT2D eigenvalue weighted by atomic mass is 19.3. The van der Waals surface area contributed by atoms with E-state index >= 15 is 0 Å². The highest BCUT2D eigenvalue weighted by Gasteiger charge is 2.26. The molecule has 0 aromatic carbocycles. The van der Waals surface area contributed by atoms with Gasteiger partial charge in [0.25, 0.3) is 0 Å². The Kier molecular flexibility index (Phi) is 2.87. The molecule has 0 aromatic rings. The quantitative estimate of drug-likeness (QED) is 0.515. The molecule has 0 aromatic heterocycles. The van der Waals surface area contributed by atoms with Crippen LogP contribution in [-0.4, -0.2) is 6.43 Å². The standard InChI is InChI=1S/C9H12F2/c1-2-7-3-5-8(6-4-7)9(10)11/h1,7-9H,3-6H2. The molecule has 2 heteroatoms. The fourth-order valence-electron chi connectivity index (χ4n) is 1.54. The van der Waals surface area contributed by atoms with Gasteiger partial charge in [-0.2, -0.15) is 0 Å². The highest BCUT2D eigenvalue weighted by Crippen LogP contribution is 2.31. The van der Waals surface area contributed by atoms with Crippen molar-refractivity contribution in [2.75, 3.05) is 0 Å². The molecule has 1 fully saturated rings. The van der Waals surface area contributed by atoms with Gasteiger partial charge in [0.05, 0.1) is 0 Å². The normalized spacial score (nSPS) is 31.8. The van der Waals surface area contributed by atoms with E-state index in [0.717, 1.165) is 12.8 Å². The summed E-state index contributed by atoms with van der Waals surface area (Å²) in [4.78, 5) is 0. The molecule has 0 radical (unpaired) electrons. The van der Waals surface area contributed by atoms with Gasteiger partial charge in [0.1, 0.15) is 0 Å². The summed E-state index contributed by atoms with van der Waals surface area (Å²) in [7, 11) is 0. The van der Waals surface area contributed by atoms with E-state index in [1.807, 2.05) is 0 Å². The monoisotopic (exact) mass is 158 g/mol.